The molecule has 3 rings (SSSR count). The minimum atomic E-state index is -0.528. The third kappa shape index (κ3) is 5.13. The summed E-state index contributed by atoms with van der Waals surface area (Å²) in [6.45, 7) is 3.50. The van der Waals surface area contributed by atoms with E-state index in [1.807, 2.05) is 59.5 Å². The monoisotopic (exact) mass is 392 g/mol. The van der Waals surface area contributed by atoms with E-state index < -0.39 is 4.84 Å². The molecule has 0 unspecified atom stereocenters. The van der Waals surface area contributed by atoms with Gasteiger partial charge in [-0.15, -0.1) is 23.2 Å². The van der Waals surface area contributed by atoms with E-state index in [4.69, 9.17) is 27.9 Å². The van der Waals surface area contributed by atoms with Crippen LogP contribution in [0.25, 0.3) is 0 Å². The Bertz CT molecular complexity index is 717. The SMILES string of the molecule is O=C(COCc1ccccc1)N1CCN(c2cccc(C(Cl)Cl)c2)CC1. The summed E-state index contributed by atoms with van der Waals surface area (Å²) in [7, 11) is 0. The van der Waals surface area contributed by atoms with Gasteiger partial charge in [-0.3, -0.25) is 4.79 Å². The van der Waals surface area contributed by atoms with Gasteiger partial charge in [-0.1, -0.05) is 42.5 Å². The summed E-state index contributed by atoms with van der Waals surface area (Å²) >= 11 is 11.9. The number of hydrogen-bond acceptors (Lipinski definition) is 3. The molecule has 1 aliphatic rings. The molecule has 1 fully saturated rings. The fourth-order valence-electron chi connectivity index (χ4n) is 2.99. The molecular weight excluding hydrogens is 371 g/mol. The number of alkyl halides is 2. The van der Waals surface area contributed by atoms with Crippen LogP contribution in [0, 0.1) is 0 Å². The largest absolute Gasteiger partial charge is 0.368 e. The van der Waals surface area contributed by atoms with Gasteiger partial charge in [0.1, 0.15) is 11.4 Å². The van der Waals surface area contributed by atoms with Gasteiger partial charge in [-0.05, 0) is 23.3 Å². The molecule has 0 N–H and O–H groups in total. The summed E-state index contributed by atoms with van der Waals surface area (Å²) in [5.74, 6) is 0.0379. The number of benzene rings is 2. The molecule has 1 heterocycles. The first-order valence-corrected chi connectivity index (χ1v) is 9.53. The van der Waals surface area contributed by atoms with Crippen molar-refractivity contribution in [2.24, 2.45) is 0 Å². The number of ether oxygens (including phenoxy) is 1. The minimum absolute atomic E-state index is 0.0379. The number of nitrogens with zero attached hydrogens (tertiary/aromatic N) is 2. The average molecular weight is 393 g/mol. The minimum Gasteiger partial charge on any atom is -0.368 e. The maximum absolute atomic E-state index is 12.3. The van der Waals surface area contributed by atoms with Crippen molar-refractivity contribution in [1.82, 2.24) is 4.90 Å². The van der Waals surface area contributed by atoms with Crippen LogP contribution in [0.2, 0.25) is 0 Å². The molecule has 0 spiro atoms. The molecule has 0 atom stereocenters. The lowest BCUT2D eigenvalue weighted by Gasteiger charge is -2.36. The smallest absolute Gasteiger partial charge is 0.248 e. The summed E-state index contributed by atoms with van der Waals surface area (Å²) in [5, 5.41) is 0. The van der Waals surface area contributed by atoms with Crippen LogP contribution in [0.3, 0.4) is 0 Å². The van der Waals surface area contributed by atoms with Crippen LogP contribution in [0.15, 0.2) is 54.6 Å². The van der Waals surface area contributed by atoms with Crippen molar-refractivity contribution in [2.75, 3.05) is 37.7 Å². The summed E-state index contributed by atoms with van der Waals surface area (Å²) < 4.78 is 5.55. The lowest BCUT2D eigenvalue weighted by molar-refractivity contribution is -0.136. The summed E-state index contributed by atoms with van der Waals surface area (Å²) in [6.07, 6.45) is 0. The Morgan fingerprint density at radius 2 is 1.73 bits per heavy atom. The molecule has 0 saturated carbocycles. The number of rotatable bonds is 6. The number of anilines is 1. The Morgan fingerprint density at radius 1 is 1.00 bits per heavy atom. The Kier molecular flexibility index (Phi) is 6.78. The Balaban J connectivity index is 1.45. The number of piperazine rings is 1. The summed E-state index contributed by atoms with van der Waals surface area (Å²) in [5.41, 5.74) is 3.04. The van der Waals surface area contributed by atoms with Gasteiger partial charge in [0.2, 0.25) is 5.91 Å². The van der Waals surface area contributed by atoms with E-state index in [0.717, 1.165) is 29.9 Å². The number of amides is 1. The molecule has 2 aromatic carbocycles. The van der Waals surface area contributed by atoms with Crippen LogP contribution in [0.4, 0.5) is 5.69 Å². The second-order valence-corrected chi connectivity index (χ2v) is 7.34. The Labute approximate surface area is 164 Å². The van der Waals surface area contributed by atoms with Crippen molar-refractivity contribution in [3.8, 4) is 0 Å². The van der Waals surface area contributed by atoms with Crippen LogP contribution in [0.5, 0.6) is 0 Å². The lowest BCUT2D eigenvalue weighted by Crippen LogP contribution is -2.49. The van der Waals surface area contributed by atoms with Crippen LogP contribution < -0.4 is 4.90 Å². The molecule has 0 bridgehead atoms. The highest BCUT2D eigenvalue weighted by molar-refractivity contribution is 6.44. The molecule has 1 aliphatic heterocycles. The number of halogens is 2. The van der Waals surface area contributed by atoms with Gasteiger partial charge in [-0.2, -0.15) is 0 Å². The normalized spacial score (nSPS) is 14.7. The third-order valence-corrected chi connectivity index (χ3v) is 4.96. The fraction of sp³-hybridized carbons (Fsp3) is 0.350. The van der Waals surface area contributed by atoms with Crippen LogP contribution in [-0.2, 0) is 16.1 Å². The molecular formula is C20H22Cl2N2O2. The maximum Gasteiger partial charge on any atom is 0.248 e. The zero-order chi connectivity index (χ0) is 18.4. The van der Waals surface area contributed by atoms with E-state index in [1.54, 1.807) is 0 Å². The van der Waals surface area contributed by atoms with Crippen molar-refractivity contribution < 1.29 is 9.53 Å². The van der Waals surface area contributed by atoms with Crippen LogP contribution in [0.1, 0.15) is 16.0 Å². The molecule has 2 aromatic rings. The third-order valence-electron chi connectivity index (χ3n) is 4.46. The van der Waals surface area contributed by atoms with Gasteiger partial charge in [0.25, 0.3) is 0 Å². The highest BCUT2D eigenvalue weighted by Crippen LogP contribution is 2.28. The summed E-state index contributed by atoms with van der Waals surface area (Å²) in [4.78, 5) is 15.9. The van der Waals surface area contributed by atoms with Gasteiger partial charge < -0.3 is 14.5 Å². The molecule has 1 amide bonds. The highest BCUT2D eigenvalue weighted by atomic mass is 35.5. The first-order chi connectivity index (χ1) is 12.6. The molecule has 0 radical (unpaired) electrons. The second kappa shape index (κ2) is 9.26. The van der Waals surface area contributed by atoms with Crippen molar-refractivity contribution in [3.05, 3.63) is 65.7 Å². The van der Waals surface area contributed by atoms with Crippen molar-refractivity contribution in [3.63, 3.8) is 0 Å². The first-order valence-electron chi connectivity index (χ1n) is 8.66. The van der Waals surface area contributed by atoms with E-state index in [9.17, 15) is 4.79 Å². The van der Waals surface area contributed by atoms with Crippen LogP contribution >= 0.6 is 23.2 Å². The standard InChI is InChI=1S/C20H22Cl2N2O2/c21-20(22)17-7-4-8-18(13-17)23-9-11-24(12-10-23)19(25)15-26-14-16-5-2-1-3-6-16/h1-8,13,20H,9-12,14-15H2. The van der Waals surface area contributed by atoms with Crippen molar-refractivity contribution in [2.45, 2.75) is 11.4 Å². The zero-order valence-electron chi connectivity index (χ0n) is 14.5. The van der Waals surface area contributed by atoms with Gasteiger partial charge in [-0.25, -0.2) is 0 Å². The van der Waals surface area contributed by atoms with E-state index in [2.05, 4.69) is 4.90 Å². The molecule has 138 valence electrons. The topological polar surface area (TPSA) is 32.8 Å². The molecule has 26 heavy (non-hydrogen) atoms. The maximum atomic E-state index is 12.3. The van der Waals surface area contributed by atoms with Crippen molar-refractivity contribution in [1.29, 1.82) is 0 Å². The van der Waals surface area contributed by atoms with E-state index in [1.165, 1.54) is 0 Å². The summed E-state index contributed by atoms with van der Waals surface area (Å²) in [6, 6.07) is 17.8. The molecule has 0 aromatic heterocycles. The van der Waals surface area contributed by atoms with E-state index in [0.29, 0.717) is 19.7 Å². The fourth-order valence-corrected chi connectivity index (χ4v) is 3.26. The highest BCUT2D eigenvalue weighted by Gasteiger charge is 2.21. The van der Waals surface area contributed by atoms with Gasteiger partial charge in [0, 0.05) is 31.9 Å². The second-order valence-electron chi connectivity index (χ2n) is 6.24. The molecule has 6 heteroatoms. The predicted molar refractivity (Wildman–Crippen MR) is 106 cm³/mol. The van der Waals surface area contributed by atoms with Gasteiger partial charge >= 0.3 is 0 Å². The van der Waals surface area contributed by atoms with Gasteiger partial charge in [0.05, 0.1) is 6.61 Å². The molecule has 4 nitrogen and oxygen atoms in total. The molecule has 0 aliphatic carbocycles. The number of carbonyl (C=O) groups excluding carboxylic acids is 1. The number of carbonyl (C=O) groups is 1. The average Bonchev–Trinajstić information content (AvgIpc) is 2.69. The zero-order valence-corrected chi connectivity index (χ0v) is 16.0. The van der Waals surface area contributed by atoms with Crippen molar-refractivity contribution >= 4 is 34.8 Å². The number of hydrogen-bond donors (Lipinski definition) is 0. The van der Waals surface area contributed by atoms with Gasteiger partial charge in [0.15, 0.2) is 0 Å². The Hall–Kier alpha value is -1.75. The first kappa shape index (κ1) is 19.0. The quantitative estimate of drug-likeness (QED) is 0.695. The van der Waals surface area contributed by atoms with E-state index >= 15 is 0 Å². The Morgan fingerprint density at radius 3 is 2.42 bits per heavy atom. The van der Waals surface area contributed by atoms with E-state index in [-0.39, 0.29) is 12.5 Å². The lowest BCUT2D eigenvalue weighted by atomic mass is 10.2. The molecule has 1 saturated heterocycles. The van der Waals surface area contributed by atoms with Crippen LogP contribution in [-0.4, -0.2) is 43.6 Å². The predicted octanol–water partition coefficient (Wildman–Crippen LogP) is 4.03.